The predicted octanol–water partition coefficient (Wildman–Crippen LogP) is 0.930. The van der Waals surface area contributed by atoms with Crippen LogP contribution in [-0.4, -0.2) is 32.7 Å². The number of benzene rings is 1. The van der Waals surface area contributed by atoms with Crippen molar-refractivity contribution >= 4 is 5.91 Å². The molecule has 1 amide bonds. The molecule has 1 aromatic carbocycles. The van der Waals surface area contributed by atoms with Gasteiger partial charge in [-0.3, -0.25) is 4.79 Å². The second kappa shape index (κ2) is 7.62. The van der Waals surface area contributed by atoms with E-state index in [-0.39, 0.29) is 11.7 Å². The molecular formula is C12H17FN2O2. The summed E-state index contributed by atoms with van der Waals surface area (Å²) < 4.78 is 18.0. The molecule has 0 saturated heterocycles. The fraction of sp³-hybridized carbons (Fsp3) is 0.417. The van der Waals surface area contributed by atoms with Gasteiger partial charge in [0.1, 0.15) is 11.6 Å². The summed E-state index contributed by atoms with van der Waals surface area (Å²) in [6.07, 6.45) is 0.715. The monoisotopic (exact) mass is 240 g/mol. The largest absolute Gasteiger partial charge is 0.494 e. The zero-order valence-electron chi connectivity index (χ0n) is 9.83. The number of hydrogen-bond acceptors (Lipinski definition) is 3. The molecule has 17 heavy (non-hydrogen) atoms. The number of carbonyl (C=O) groups excluding carboxylic acids is 1. The molecule has 0 aromatic heterocycles. The van der Waals surface area contributed by atoms with Crippen molar-refractivity contribution in [1.82, 2.24) is 10.6 Å². The van der Waals surface area contributed by atoms with Crippen LogP contribution < -0.4 is 15.4 Å². The average Bonchev–Trinajstić information content (AvgIpc) is 2.31. The summed E-state index contributed by atoms with van der Waals surface area (Å²) in [6, 6.07) is 5.86. The summed E-state index contributed by atoms with van der Waals surface area (Å²) in [5, 5.41) is 5.50. The van der Waals surface area contributed by atoms with E-state index < -0.39 is 0 Å². The molecular weight excluding hydrogens is 223 g/mol. The molecule has 4 nitrogen and oxygen atoms in total. The number of carbonyl (C=O) groups is 1. The van der Waals surface area contributed by atoms with Gasteiger partial charge in [-0.2, -0.15) is 0 Å². The second-order valence-electron chi connectivity index (χ2n) is 3.54. The Morgan fingerprint density at radius 3 is 2.71 bits per heavy atom. The van der Waals surface area contributed by atoms with Crippen LogP contribution in [0.2, 0.25) is 0 Å². The summed E-state index contributed by atoms with van der Waals surface area (Å²) >= 11 is 0. The minimum Gasteiger partial charge on any atom is -0.494 e. The second-order valence-corrected chi connectivity index (χ2v) is 3.54. The van der Waals surface area contributed by atoms with Gasteiger partial charge in [0.2, 0.25) is 5.91 Å². The SMILES string of the molecule is CNCC(=O)NCCCOc1ccc(F)cc1. The molecule has 0 radical (unpaired) electrons. The molecule has 2 N–H and O–H groups in total. The number of hydrogen-bond donors (Lipinski definition) is 2. The van der Waals surface area contributed by atoms with Gasteiger partial charge in [-0.05, 0) is 37.7 Å². The first kappa shape index (κ1) is 13.4. The van der Waals surface area contributed by atoms with E-state index >= 15 is 0 Å². The van der Waals surface area contributed by atoms with Crippen LogP contribution in [0.3, 0.4) is 0 Å². The molecule has 0 aliphatic rings. The molecule has 0 fully saturated rings. The average molecular weight is 240 g/mol. The van der Waals surface area contributed by atoms with Crippen molar-refractivity contribution in [3.63, 3.8) is 0 Å². The highest BCUT2D eigenvalue weighted by Gasteiger charge is 1.98. The fourth-order valence-corrected chi connectivity index (χ4v) is 1.24. The van der Waals surface area contributed by atoms with Crippen molar-refractivity contribution in [1.29, 1.82) is 0 Å². The van der Waals surface area contributed by atoms with E-state index in [9.17, 15) is 9.18 Å². The van der Waals surface area contributed by atoms with Gasteiger partial charge in [0, 0.05) is 6.54 Å². The lowest BCUT2D eigenvalue weighted by Gasteiger charge is -2.07. The van der Waals surface area contributed by atoms with E-state index in [0.717, 1.165) is 0 Å². The third kappa shape index (κ3) is 5.87. The Hall–Kier alpha value is -1.62. The zero-order chi connectivity index (χ0) is 12.5. The van der Waals surface area contributed by atoms with Crippen molar-refractivity contribution in [2.24, 2.45) is 0 Å². The third-order valence-electron chi connectivity index (χ3n) is 2.06. The highest BCUT2D eigenvalue weighted by molar-refractivity contribution is 5.77. The van der Waals surface area contributed by atoms with Crippen LogP contribution in [0.25, 0.3) is 0 Å². The Bertz CT molecular complexity index is 341. The standard InChI is InChI=1S/C12H17FN2O2/c1-14-9-12(16)15-7-2-8-17-11-5-3-10(13)4-6-11/h3-6,14H,2,7-9H2,1H3,(H,15,16). The lowest BCUT2D eigenvalue weighted by atomic mass is 10.3. The zero-order valence-corrected chi connectivity index (χ0v) is 9.83. The third-order valence-corrected chi connectivity index (χ3v) is 2.06. The maximum atomic E-state index is 12.6. The van der Waals surface area contributed by atoms with Gasteiger partial charge in [-0.1, -0.05) is 0 Å². The van der Waals surface area contributed by atoms with Crippen LogP contribution in [0, 0.1) is 5.82 Å². The van der Waals surface area contributed by atoms with Crippen LogP contribution in [-0.2, 0) is 4.79 Å². The number of rotatable bonds is 7. The van der Waals surface area contributed by atoms with Crippen LogP contribution in [0.5, 0.6) is 5.75 Å². The Balaban J connectivity index is 2.08. The molecule has 0 aliphatic heterocycles. The molecule has 0 unspecified atom stereocenters. The Kier molecular flexibility index (Phi) is 6.03. The highest BCUT2D eigenvalue weighted by atomic mass is 19.1. The van der Waals surface area contributed by atoms with E-state index in [0.29, 0.717) is 31.9 Å². The number of nitrogens with one attached hydrogen (secondary N) is 2. The number of likely N-dealkylation sites (N-methyl/N-ethyl adjacent to an activating group) is 1. The topological polar surface area (TPSA) is 50.4 Å². The van der Waals surface area contributed by atoms with Crippen molar-refractivity contribution in [3.05, 3.63) is 30.1 Å². The summed E-state index contributed by atoms with van der Waals surface area (Å²) in [7, 11) is 1.72. The van der Waals surface area contributed by atoms with E-state index in [1.165, 1.54) is 12.1 Å². The molecule has 0 saturated carbocycles. The van der Waals surface area contributed by atoms with E-state index in [1.807, 2.05) is 0 Å². The quantitative estimate of drug-likeness (QED) is 0.697. The normalized spacial score (nSPS) is 10.0. The van der Waals surface area contributed by atoms with Crippen molar-refractivity contribution in [2.45, 2.75) is 6.42 Å². The van der Waals surface area contributed by atoms with E-state index in [2.05, 4.69) is 10.6 Å². The first-order valence-corrected chi connectivity index (χ1v) is 5.52. The molecule has 94 valence electrons. The first-order valence-electron chi connectivity index (χ1n) is 5.52. The lowest BCUT2D eigenvalue weighted by Crippen LogP contribution is -2.33. The molecule has 1 aromatic rings. The Labute approximate surface area is 100 Å². The lowest BCUT2D eigenvalue weighted by molar-refractivity contribution is -0.120. The number of amides is 1. The van der Waals surface area contributed by atoms with Crippen molar-refractivity contribution < 1.29 is 13.9 Å². The predicted molar refractivity (Wildman–Crippen MR) is 63.4 cm³/mol. The molecule has 0 bridgehead atoms. The van der Waals surface area contributed by atoms with Crippen molar-refractivity contribution in [3.8, 4) is 5.75 Å². The van der Waals surface area contributed by atoms with E-state index in [1.54, 1.807) is 19.2 Å². The van der Waals surface area contributed by atoms with Gasteiger partial charge in [0.25, 0.3) is 0 Å². The van der Waals surface area contributed by atoms with E-state index in [4.69, 9.17) is 4.74 Å². The van der Waals surface area contributed by atoms with Gasteiger partial charge in [-0.25, -0.2) is 4.39 Å². The molecule has 0 aliphatic carbocycles. The Morgan fingerprint density at radius 1 is 1.35 bits per heavy atom. The van der Waals surface area contributed by atoms with Crippen LogP contribution >= 0.6 is 0 Å². The summed E-state index contributed by atoms with van der Waals surface area (Å²) in [6.45, 7) is 1.38. The van der Waals surface area contributed by atoms with Gasteiger partial charge in [0.05, 0.1) is 13.2 Å². The molecule has 0 heterocycles. The molecule has 0 spiro atoms. The molecule has 1 rings (SSSR count). The summed E-state index contributed by atoms with van der Waals surface area (Å²) in [4.78, 5) is 11.1. The van der Waals surface area contributed by atoms with Gasteiger partial charge >= 0.3 is 0 Å². The first-order chi connectivity index (χ1) is 8.22. The van der Waals surface area contributed by atoms with Crippen LogP contribution in [0.1, 0.15) is 6.42 Å². The Morgan fingerprint density at radius 2 is 2.06 bits per heavy atom. The number of ether oxygens (including phenoxy) is 1. The number of halogens is 1. The van der Waals surface area contributed by atoms with Gasteiger partial charge in [0.15, 0.2) is 0 Å². The fourth-order valence-electron chi connectivity index (χ4n) is 1.24. The minimum atomic E-state index is -0.281. The van der Waals surface area contributed by atoms with Crippen molar-refractivity contribution in [2.75, 3.05) is 26.7 Å². The minimum absolute atomic E-state index is 0.0331. The van der Waals surface area contributed by atoms with Crippen LogP contribution in [0.4, 0.5) is 4.39 Å². The maximum Gasteiger partial charge on any atom is 0.233 e. The molecule has 5 heteroatoms. The molecule has 0 atom stereocenters. The summed E-state index contributed by atoms with van der Waals surface area (Å²) in [5.74, 6) is 0.318. The highest BCUT2D eigenvalue weighted by Crippen LogP contribution is 2.10. The van der Waals surface area contributed by atoms with Gasteiger partial charge < -0.3 is 15.4 Å². The summed E-state index contributed by atoms with van der Waals surface area (Å²) in [5.41, 5.74) is 0. The maximum absolute atomic E-state index is 12.6. The van der Waals surface area contributed by atoms with Gasteiger partial charge in [-0.15, -0.1) is 0 Å². The smallest absolute Gasteiger partial charge is 0.233 e. The van der Waals surface area contributed by atoms with Crippen LogP contribution in [0.15, 0.2) is 24.3 Å².